The molecule has 1 atom stereocenters. The standard InChI is InChI=1S/C19H20F6N5O2PS/c1-11(32-10-33(7-18(20,21)22)8-19(23,24)25)6-30-9-27-14-15(30)28-17(26)29-16(14)34-13-4-2-12(31)3-5-13/h2-5,9,11,31H,6-8,10H2,1H3,(H2,26,28,29). The number of nitrogen functional groups attached to an aromatic ring is 1. The number of fused-ring (bicyclic) bond motifs is 1. The summed E-state index contributed by atoms with van der Waals surface area (Å²) in [5.41, 5.74) is 6.58. The van der Waals surface area contributed by atoms with Crippen LogP contribution in [0.3, 0.4) is 0 Å². The van der Waals surface area contributed by atoms with Crippen molar-refractivity contribution in [2.45, 2.75) is 41.8 Å². The van der Waals surface area contributed by atoms with Crippen molar-refractivity contribution in [2.24, 2.45) is 0 Å². The molecule has 0 fully saturated rings. The van der Waals surface area contributed by atoms with Crippen LogP contribution in [0, 0.1) is 0 Å². The largest absolute Gasteiger partial charge is 0.508 e. The highest BCUT2D eigenvalue weighted by Crippen LogP contribution is 2.46. The first-order valence-corrected chi connectivity index (χ1v) is 12.4. The number of ether oxygens (including phenoxy) is 1. The van der Waals surface area contributed by atoms with Crippen molar-refractivity contribution < 1.29 is 36.2 Å². The van der Waals surface area contributed by atoms with Gasteiger partial charge in [-0.15, -0.1) is 0 Å². The molecule has 2 heterocycles. The second kappa shape index (κ2) is 10.5. The van der Waals surface area contributed by atoms with E-state index in [9.17, 15) is 31.4 Å². The lowest BCUT2D eigenvalue weighted by atomic mass is 10.3. The van der Waals surface area contributed by atoms with Gasteiger partial charge < -0.3 is 20.1 Å². The number of phenolic OH excluding ortho intramolecular Hbond substituents is 1. The first kappa shape index (κ1) is 26.3. The van der Waals surface area contributed by atoms with Gasteiger partial charge in [-0.05, 0) is 31.2 Å². The molecule has 7 nitrogen and oxygen atoms in total. The quantitative estimate of drug-likeness (QED) is 0.223. The average molecular weight is 527 g/mol. The molecule has 2 aromatic heterocycles. The number of anilines is 1. The van der Waals surface area contributed by atoms with Crippen LogP contribution in [0.2, 0.25) is 0 Å². The van der Waals surface area contributed by atoms with Gasteiger partial charge in [0.05, 0.1) is 37.6 Å². The number of aromatic nitrogens is 4. The number of aromatic hydroxyl groups is 1. The first-order chi connectivity index (χ1) is 15.8. The van der Waals surface area contributed by atoms with Gasteiger partial charge in [-0.1, -0.05) is 19.7 Å². The number of nitrogens with two attached hydrogens (primary N) is 1. The minimum absolute atomic E-state index is 0.0389. The molecule has 186 valence electrons. The molecular weight excluding hydrogens is 507 g/mol. The van der Waals surface area contributed by atoms with E-state index in [1.165, 1.54) is 37.1 Å². The second-order valence-electron chi connectivity index (χ2n) is 7.38. The lowest BCUT2D eigenvalue weighted by molar-refractivity contribution is -0.112. The highest BCUT2D eigenvalue weighted by molar-refractivity contribution is 7.99. The van der Waals surface area contributed by atoms with Crippen molar-refractivity contribution in [2.75, 3.05) is 24.4 Å². The maximum atomic E-state index is 12.7. The number of hydrogen-bond acceptors (Lipinski definition) is 7. The Balaban J connectivity index is 1.71. The van der Waals surface area contributed by atoms with Gasteiger partial charge in [0.25, 0.3) is 0 Å². The summed E-state index contributed by atoms with van der Waals surface area (Å²) in [6.45, 7) is 1.62. The molecule has 1 aromatic carbocycles. The van der Waals surface area contributed by atoms with Crippen LogP contribution in [-0.2, 0) is 11.3 Å². The Kier molecular flexibility index (Phi) is 8.14. The molecule has 1 unspecified atom stereocenters. The fourth-order valence-electron chi connectivity index (χ4n) is 2.98. The van der Waals surface area contributed by atoms with Crippen molar-refractivity contribution in [3.8, 4) is 5.75 Å². The fourth-order valence-corrected chi connectivity index (χ4v) is 5.63. The molecule has 0 aliphatic heterocycles. The Bertz CT molecular complexity index is 1090. The van der Waals surface area contributed by atoms with Gasteiger partial charge in [-0.25, -0.2) is 9.97 Å². The van der Waals surface area contributed by atoms with Gasteiger partial charge in [0, 0.05) is 4.90 Å². The fraction of sp³-hybridized carbons (Fsp3) is 0.421. The van der Waals surface area contributed by atoms with E-state index >= 15 is 0 Å². The summed E-state index contributed by atoms with van der Waals surface area (Å²) in [5, 5.41) is 9.87. The van der Waals surface area contributed by atoms with E-state index < -0.39 is 45.0 Å². The molecule has 3 aromatic rings. The smallest absolute Gasteiger partial charge is 0.392 e. The zero-order valence-electron chi connectivity index (χ0n) is 17.6. The molecule has 0 spiro atoms. The van der Waals surface area contributed by atoms with E-state index in [0.717, 1.165) is 4.90 Å². The van der Waals surface area contributed by atoms with E-state index in [-0.39, 0.29) is 18.2 Å². The molecule has 0 radical (unpaired) electrons. The van der Waals surface area contributed by atoms with E-state index in [1.54, 1.807) is 16.7 Å². The third-order valence-corrected chi connectivity index (χ3v) is 7.41. The van der Waals surface area contributed by atoms with Crippen molar-refractivity contribution in [1.82, 2.24) is 19.5 Å². The highest BCUT2D eigenvalue weighted by atomic mass is 32.2. The molecule has 0 saturated heterocycles. The SMILES string of the molecule is CC(Cn1cnc2c(Sc3ccc(O)cc3)nc(N)nc21)OCP(CC(F)(F)F)CC(F)(F)F. The van der Waals surface area contributed by atoms with Gasteiger partial charge >= 0.3 is 12.4 Å². The van der Waals surface area contributed by atoms with E-state index in [2.05, 4.69) is 15.0 Å². The molecule has 0 aliphatic rings. The number of halogens is 6. The molecule has 0 amide bonds. The summed E-state index contributed by atoms with van der Waals surface area (Å²) in [5.74, 6) is 0.0621. The molecular formula is C19H20F6N5O2PS. The maximum Gasteiger partial charge on any atom is 0.392 e. The third kappa shape index (κ3) is 7.88. The summed E-state index contributed by atoms with van der Waals surface area (Å²) < 4.78 is 83.0. The number of rotatable bonds is 9. The Labute approximate surface area is 195 Å². The summed E-state index contributed by atoms with van der Waals surface area (Å²) in [6, 6.07) is 6.37. The average Bonchev–Trinajstić information content (AvgIpc) is 3.08. The minimum atomic E-state index is -4.70. The number of nitrogens with zero attached hydrogens (tertiary/aromatic N) is 4. The van der Waals surface area contributed by atoms with Crippen LogP contribution >= 0.6 is 19.7 Å². The highest BCUT2D eigenvalue weighted by Gasteiger charge is 2.38. The lowest BCUT2D eigenvalue weighted by Crippen LogP contribution is -2.24. The topological polar surface area (TPSA) is 99.1 Å². The van der Waals surface area contributed by atoms with Crippen LogP contribution in [0.4, 0.5) is 32.3 Å². The van der Waals surface area contributed by atoms with Crippen LogP contribution in [0.25, 0.3) is 11.2 Å². The van der Waals surface area contributed by atoms with Crippen molar-refractivity contribution in [1.29, 1.82) is 0 Å². The van der Waals surface area contributed by atoms with E-state index in [1.807, 2.05) is 0 Å². The molecule has 0 saturated carbocycles. The zero-order chi connectivity index (χ0) is 25.1. The number of imidazole rings is 1. The van der Waals surface area contributed by atoms with Crippen LogP contribution < -0.4 is 5.73 Å². The molecule has 0 aliphatic carbocycles. The van der Waals surface area contributed by atoms with Crippen LogP contribution in [0.1, 0.15) is 6.92 Å². The van der Waals surface area contributed by atoms with Gasteiger partial charge in [0.15, 0.2) is 5.65 Å². The van der Waals surface area contributed by atoms with Gasteiger partial charge in [0.2, 0.25) is 5.95 Å². The minimum Gasteiger partial charge on any atom is -0.508 e. The predicted molar refractivity (Wildman–Crippen MR) is 116 cm³/mol. The summed E-state index contributed by atoms with van der Waals surface area (Å²) >= 11 is 1.24. The number of alkyl halides is 6. The van der Waals surface area contributed by atoms with Crippen LogP contribution in [-0.4, -0.2) is 61.8 Å². The second-order valence-corrected chi connectivity index (χ2v) is 10.7. The molecule has 34 heavy (non-hydrogen) atoms. The maximum absolute atomic E-state index is 12.7. The Morgan fingerprint density at radius 3 is 2.29 bits per heavy atom. The van der Waals surface area contributed by atoms with Crippen LogP contribution in [0.15, 0.2) is 40.5 Å². The van der Waals surface area contributed by atoms with Gasteiger partial charge in [-0.3, -0.25) is 0 Å². The van der Waals surface area contributed by atoms with E-state index in [0.29, 0.717) is 16.2 Å². The number of phenols is 1. The van der Waals surface area contributed by atoms with E-state index in [4.69, 9.17) is 10.5 Å². The number of benzene rings is 1. The number of hydrogen-bond donors (Lipinski definition) is 2. The van der Waals surface area contributed by atoms with Crippen molar-refractivity contribution in [3.63, 3.8) is 0 Å². The Hall–Kier alpha value is -2.31. The zero-order valence-corrected chi connectivity index (χ0v) is 19.3. The normalized spacial score (nSPS) is 13.6. The first-order valence-electron chi connectivity index (χ1n) is 9.72. The third-order valence-electron chi connectivity index (χ3n) is 4.30. The predicted octanol–water partition coefficient (Wildman–Crippen LogP) is 5.23. The summed E-state index contributed by atoms with van der Waals surface area (Å²) in [6.07, 6.45) is -12.4. The Morgan fingerprint density at radius 2 is 1.71 bits per heavy atom. The van der Waals surface area contributed by atoms with Crippen molar-refractivity contribution in [3.05, 3.63) is 30.6 Å². The van der Waals surface area contributed by atoms with Crippen molar-refractivity contribution >= 4 is 36.8 Å². The van der Waals surface area contributed by atoms with Gasteiger partial charge in [0.1, 0.15) is 16.3 Å². The van der Waals surface area contributed by atoms with Gasteiger partial charge in [-0.2, -0.15) is 31.3 Å². The summed E-state index contributed by atoms with van der Waals surface area (Å²) in [4.78, 5) is 13.4. The molecule has 15 heteroatoms. The lowest BCUT2D eigenvalue weighted by Gasteiger charge is -2.23. The molecule has 3 rings (SSSR count). The van der Waals surface area contributed by atoms with Crippen LogP contribution in [0.5, 0.6) is 5.75 Å². The summed E-state index contributed by atoms with van der Waals surface area (Å²) in [7, 11) is -2.47. The monoisotopic (exact) mass is 527 g/mol. The Morgan fingerprint density at radius 1 is 1.09 bits per heavy atom. The molecule has 3 N–H and O–H groups in total. The molecule has 0 bridgehead atoms.